The Bertz CT molecular complexity index is 839. The fourth-order valence-electron chi connectivity index (χ4n) is 5.16. The number of nitrogens with one attached hydrogen (secondary N) is 1. The first-order chi connectivity index (χ1) is 13.6. The van der Waals surface area contributed by atoms with Crippen molar-refractivity contribution >= 4 is 0 Å². The van der Waals surface area contributed by atoms with E-state index >= 15 is 0 Å². The zero-order valence-corrected chi connectivity index (χ0v) is 16.9. The Morgan fingerprint density at radius 2 is 1.96 bits per heavy atom. The van der Waals surface area contributed by atoms with Crippen LogP contribution in [-0.4, -0.2) is 52.7 Å². The number of nitrogens with zero attached hydrogens (tertiary/aromatic N) is 3. The third kappa shape index (κ3) is 3.08. The Morgan fingerprint density at radius 3 is 2.79 bits per heavy atom. The van der Waals surface area contributed by atoms with Crippen molar-refractivity contribution in [3.63, 3.8) is 0 Å². The number of piperidine rings is 1. The highest BCUT2D eigenvalue weighted by molar-refractivity contribution is 5.44. The quantitative estimate of drug-likeness (QED) is 0.880. The van der Waals surface area contributed by atoms with Crippen LogP contribution < -0.4 is 9.47 Å². The maximum Gasteiger partial charge on any atom is 0.231 e. The van der Waals surface area contributed by atoms with Gasteiger partial charge in [0.1, 0.15) is 0 Å². The summed E-state index contributed by atoms with van der Waals surface area (Å²) in [7, 11) is 0. The first kappa shape index (κ1) is 18.0. The van der Waals surface area contributed by atoms with Gasteiger partial charge in [0.25, 0.3) is 0 Å². The number of ether oxygens (including phenoxy) is 2. The molecule has 0 saturated carbocycles. The molecule has 1 saturated heterocycles. The number of rotatable bonds is 4. The van der Waals surface area contributed by atoms with Crippen LogP contribution in [0.4, 0.5) is 0 Å². The van der Waals surface area contributed by atoms with E-state index in [9.17, 15) is 0 Å². The first-order valence-corrected chi connectivity index (χ1v) is 10.5. The van der Waals surface area contributed by atoms with Gasteiger partial charge in [-0.25, -0.2) is 4.98 Å². The van der Waals surface area contributed by atoms with Gasteiger partial charge in [0, 0.05) is 44.8 Å². The zero-order chi connectivity index (χ0) is 19.1. The van der Waals surface area contributed by atoms with Gasteiger partial charge in [-0.15, -0.1) is 0 Å². The Hall–Kier alpha value is -2.05. The molecule has 0 bridgehead atoms. The number of aromatic amines is 1. The Morgan fingerprint density at radius 1 is 1.14 bits per heavy atom. The van der Waals surface area contributed by atoms with Gasteiger partial charge in [0.15, 0.2) is 11.5 Å². The van der Waals surface area contributed by atoms with Gasteiger partial charge in [-0.1, -0.05) is 19.9 Å². The number of fused-ring (bicyclic) bond motifs is 3. The molecular formula is C22H30N4O2. The van der Waals surface area contributed by atoms with Gasteiger partial charge in [0.05, 0.1) is 17.6 Å². The van der Waals surface area contributed by atoms with Crippen LogP contribution in [-0.2, 0) is 18.5 Å². The maximum atomic E-state index is 5.54. The lowest BCUT2D eigenvalue weighted by molar-refractivity contribution is -0.00356. The number of benzene rings is 1. The summed E-state index contributed by atoms with van der Waals surface area (Å²) in [5.74, 6) is 2.41. The van der Waals surface area contributed by atoms with Crippen LogP contribution in [0.5, 0.6) is 11.5 Å². The van der Waals surface area contributed by atoms with Crippen molar-refractivity contribution < 1.29 is 9.47 Å². The second-order valence-electron chi connectivity index (χ2n) is 8.81. The molecule has 2 aromatic rings. The predicted octanol–water partition coefficient (Wildman–Crippen LogP) is 3.14. The molecule has 3 aliphatic rings. The average molecular weight is 383 g/mol. The van der Waals surface area contributed by atoms with Crippen LogP contribution in [0.25, 0.3) is 0 Å². The monoisotopic (exact) mass is 382 g/mol. The minimum absolute atomic E-state index is 0.100. The molecule has 3 aliphatic heterocycles. The topological polar surface area (TPSA) is 53.6 Å². The zero-order valence-electron chi connectivity index (χ0n) is 16.9. The standard InChI is InChI=1S/C22H30N4O2/c1-16(2)12-26-8-5-18-21(24-14-23-18)22(26)6-9-25(10-7-22)13-17-3-4-19-20(11-17)28-15-27-19/h3-4,11,14,16H,5-10,12-13,15H2,1-2H3,(H,23,24). The second-order valence-corrected chi connectivity index (χ2v) is 8.81. The maximum absolute atomic E-state index is 5.54. The molecule has 0 aliphatic carbocycles. The fraction of sp³-hybridized carbons (Fsp3) is 0.591. The van der Waals surface area contributed by atoms with Crippen molar-refractivity contribution in [1.82, 2.24) is 19.8 Å². The summed E-state index contributed by atoms with van der Waals surface area (Å²) in [5, 5.41) is 0. The summed E-state index contributed by atoms with van der Waals surface area (Å²) in [6.45, 7) is 10.4. The first-order valence-electron chi connectivity index (χ1n) is 10.5. The van der Waals surface area contributed by atoms with E-state index in [1.165, 1.54) is 17.0 Å². The van der Waals surface area contributed by atoms with Crippen LogP contribution in [0, 0.1) is 5.92 Å². The predicted molar refractivity (Wildman–Crippen MR) is 107 cm³/mol. The lowest BCUT2D eigenvalue weighted by atomic mass is 9.78. The second kappa shape index (κ2) is 7.08. The molecule has 4 heterocycles. The van der Waals surface area contributed by atoms with Gasteiger partial charge in [-0.3, -0.25) is 9.80 Å². The molecule has 0 unspecified atom stereocenters. The molecule has 1 spiro atoms. The van der Waals surface area contributed by atoms with Gasteiger partial charge < -0.3 is 14.5 Å². The van der Waals surface area contributed by atoms with E-state index in [4.69, 9.17) is 14.5 Å². The molecule has 0 amide bonds. The molecule has 28 heavy (non-hydrogen) atoms. The van der Waals surface area contributed by atoms with E-state index in [1.807, 2.05) is 12.4 Å². The van der Waals surface area contributed by atoms with Crippen molar-refractivity contribution in [1.29, 1.82) is 0 Å². The molecule has 1 fully saturated rings. The molecular weight excluding hydrogens is 352 g/mol. The molecule has 0 radical (unpaired) electrons. The third-order valence-electron chi connectivity index (χ3n) is 6.51. The summed E-state index contributed by atoms with van der Waals surface area (Å²) in [4.78, 5) is 13.5. The average Bonchev–Trinajstić information content (AvgIpc) is 3.35. The Labute approximate surface area is 166 Å². The van der Waals surface area contributed by atoms with Gasteiger partial charge in [-0.05, 0) is 36.5 Å². The summed E-state index contributed by atoms with van der Waals surface area (Å²) >= 11 is 0. The third-order valence-corrected chi connectivity index (χ3v) is 6.51. The van der Waals surface area contributed by atoms with E-state index in [-0.39, 0.29) is 5.54 Å². The number of likely N-dealkylation sites (tertiary alicyclic amines) is 1. The minimum atomic E-state index is 0.100. The van der Waals surface area contributed by atoms with E-state index < -0.39 is 0 Å². The Kier molecular flexibility index (Phi) is 4.56. The summed E-state index contributed by atoms with van der Waals surface area (Å²) in [5.41, 5.74) is 4.05. The van der Waals surface area contributed by atoms with Crippen LogP contribution in [0.3, 0.4) is 0 Å². The van der Waals surface area contributed by atoms with Crippen molar-refractivity contribution in [2.45, 2.75) is 45.2 Å². The molecule has 5 rings (SSSR count). The highest BCUT2D eigenvalue weighted by Crippen LogP contribution is 2.43. The molecule has 1 N–H and O–H groups in total. The lowest BCUT2D eigenvalue weighted by Crippen LogP contribution is -2.57. The summed E-state index contributed by atoms with van der Waals surface area (Å²) < 4.78 is 11.0. The SMILES string of the molecule is CC(C)CN1CCc2[nH]cnc2C12CCN(Cc1ccc3c(c1)OCO3)CC2. The molecule has 1 aromatic carbocycles. The fourth-order valence-corrected chi connectivity index (χ4v) is 5.16. The van der Waals surface area contributed by atoms with Gasteiger partial charge in [0.2, 0.25) is 6.79 Å². The number of imidazole rings is 1. The summed E-state index contributed by atoms with van der Waals surface area (Å²) in [6.07, 6.45) is 5.26. The van der Waals surface area contributed by atoms with Crippen LogP contribution >= 0.6 is 0 Å². The molecule has 150 valence electrons. The number of H-pyrrole nitrogens is 1. The molecule has 1 aromatic heterocycles. The van der Waals surface area contributed by atoms with Crippen LogP contribution in [0.1, 0.15) is 43.6 Å². The highest BCUT2D eigenvalue weighted by Gasteiger charge is 2.46. The summed E-state index contributed by atoms with van der Waals surface area (Å²) in [6, 6.07) is 6.32. The molecule has 6 nitrogen and oxygen atoms in total. The molecule has 6 heteroatoms. The normalized spacial score (nSPS) is 21.4. The lowest BCUT2D eigenvalue weighted by Gasteiger charge is -2.51. The van der Waals surface area contributed by atoms with Gasteiger partial charge >= 0.3 is 0 Å². The van der Waals surface area contributed by atoms with E-state index in [0.717, 1.165) is 63.5 Å². The van der Waals surface area contributed by atoms with E-state index in [0.29, 0.717) is 12.7 Å². The van der Waals surface area contributed by atoms with Crippen molar-refractivity contribution in [2.75, 3.05) is 33.0 Å². The minimum Gasteiger partial charge on any atom is -0.454 e. The number of hydrogen-bond acceptors (Lipinski definition) is 5. The van der Waals surface area contributed by atoms with E-state index in [2.05, 4.69) is 40.8 Å². The van der Waals surface area contributed by atoms with Crippen molar-refractivity contribution in [3.8, 4) is 11.5 Å². The molecule has 0 atom stereocenters. The number of hydrogen-bond donors (Lipinski definition) is 1. The van der Waals surface area contributed by atoms with Crippen LogP contribution in [0.15, 0.2) is 24.5 Å². The van der Waals surface area contributed by atoms with Crippen molar-refractivity contribution in [2.24, 2.45) is 5.92 Å². The Balaban J connectivity index is 1.32. The highest BCUT2D eigenvalue weighted by atomic mass is 16.7. The van der Waals surface area contributed by atoms with Crippen molar-refractivity contribution in [3.05, 3.63) is 41.5 Å². The van der Waals surface area contributed by atoms with Gasteiger partial charge in [-0.2, -0.15) is 0 Å². The smallest absolute Gasteiger partial charge is 0.231 e. The number of aromatic nitrogens is 2. The van der Waals surface area contributed by atoms with Crippen LogP contribution in [0.2, 0.25) is 0 Å². The van der Waals surface area contributed by atoms with E-state index in [1.54, 1.807) is 0 Å². The largest absolute Gasteiger partial charge is 0.454 e.